The standard InChI is InChI=1S/C12H12FIN2O3/c13-8-6-7(3-4-9(8)14)16-5-1-2-10(11(16)17)15-12(18)19/h3-4,6,10,15H,1-2,5H2,(H,18,19). The van der Waals surface area contributed by atoms with Gasteiger partial charge in [0.2, 0.25) is 5.91 Å². The van der Waals surface area contributed by atoms with Crippen LogP contribution in [0.2, 0.25) is 0 Å². The minimum absolute atomic E-state index is 0.339. The van der Waals surface area contributed by atoms with Gasteiger partial charge in [-0.15, -0.1) is 0 Å². The molecule has 1 fully saturated rings. The predicted octanol–water partition coefficient (Wildman–Crippen LogP) is 2.19. The van der Waals surface area contributed by atoms with Crippen molar-refractivity contribution in [2.75, 3.05) is 11.4 Å². The number of halogens is 2. The summed E-state index contributed by atoms with van der Waals surface area (Å²) in [5.74, 6) is -0.728. The van der Waals surface area contributed by atoms with E-state index in [2.05, 4.69) is 5.32 Å². The van der Waals surface area contributed by atoms with Crippen LogP contribution in [0.3, 0.4) is 0 Å². The van der Waals surface area contributed by atoms with Gasteiger partial charge < -0.3 is 15.3 Å². The zero-order valence-electron chi connectivity index (χ0n) is 9.90. The second kappa shape index (κ2) is 5.72. The van der Waals surface area contributed by atoms with E-state index in [9.17, 15) is 14.0 Å². The molecule has 1 saturated heterocycles. The molecular weight excluding hydrogens is 366 g/mol. The lowest BCUT2D eigenvalue weighted by molar-refractivity contribution is -0.121. The molecule has 0 aliphatic carbocycles. The molecule has 2 rings (SSSR count). The Balaban J connectivity index is 2.21. The summed E-state index contributed by atoms with van der Waals surface area (Å²) in [5, 5.41) is 10.9. The van der Waals surface area contributed by atoms with Crippen molar-refractivity contribution in [1.29, 1.82) is 0 Å². The Morgan fingerprint density at radius 1 is 1.53 bits per heavy atom. The number of carbonyl (C=O) groups is 2. The third kappa shape index (κ3) is 3.14. The van der Waals surface area contributed by atoms with Crippen LogP contribution in [0.5, 0.6) is 0 Å². The summed E-state index contributed by atoms with van der Waals surface area (Å²) in [6.07, 6.45) is -0.0901. The van der Waals surface area contributed by atoms with Crippen molar-refractivity contribution in [3.8, 4) is 0 Å². The first-order valence-electron chi connectivity index (χ1n) is 5.75. The quantitative estimate of drug-likeness (QED) is 0.776. The number of amides is 2. The Morgan fingerprint density at radius 3 is 2.89 bits per heavy atom. The average molecular weight is 378 g/mol. The van der Waals surface area contributed by atoms with Crippen LogP contribution in [0.25, 0.3) is 0 Å². The molecule has 0 radical (unpaired) electrons. The Kier molecular flexibility index (Phi) is 4.23. The van der Waals surface area contributed by atoms with Gasteiger partial charge >= 0.3 is 6.09 Å². The summed E-state index contributed by atoms with van der Waals surface area (Å²) in [5.41, 5.74) is 0.458. The lowest BCUT2D eigenvalue weighted by atomic mass is 10.0. The summed E-state index contributed by atoms with van der Waals surface area (Å²) in [6, 6.07) is 3.79. The van der Waals surface area contributed by atoms with E-state index >= 15 is 0 Å². The van der Waals surface area contributed by atoms with E-state index in [0.29, 0.717) is 28.6 Å². The topological polar surface area (TPSA) is 69.6 Å². The summed E-state index contributed by atoms with van der Waals surface area (Å²) in [4.78, 5) is 24.2. The number of piperidine rings is 1. The molecule has 0 saturated carbocycles. The van der Waals surface area contributed by atoms with Gasteiger partial charge in [-0.1, -0.05) is 0 Å². The van der Waals surface area contributed by atoms with Gasteiger partial charge in [-0.25, -0.2) is 9.18 Å². The van der Waals surface area contributed by atoms with Gasteiger partial charge in [0.25, 0.3) is 0 Å². The molecule has 1 aromatic rings. The highest BCUT2D eigenvalue weighted by atomic mass is 127. The molecule has 1 heterocycles. The molecule has 2 N–H and O–H groups in total. The number of rotatable bonds is 2. The monoisotopic (exact) mass is 378 g/mol. The maximum absolute atomic E-state index is 13.5. The third-order valence-corrected chi connectivity index (χ3v) is 3.83. The second-order valence-electron chi connectivity index (χ2n) is 4.23. The molecule has 0 bridgehead atoms. The smallest absolute Gasteiger partial charge is 0.405 e. The van der Waals surface area contributed by atoms with Gasteiger partial charge in [0.1, 0.15) is 11.9 Å². The van der Waals surface area contributed by atoms with E-state index in [0.717, 1.165) is 0 Å². The van der Waals surface area contributed by atoms with Gasteiger partial charge in [-0.2, -0.15) is 0 Å². The Labute approximate surface area is 122 Å². The van der Waals surface area contributed by atoms with Crippen molar-refractivity contribution in [1.82, 2.24) is 5.32 Å². The normalized spacial score (nSPS) is 19.4. The molecular formula is C12H12FIN2O3. The first-order valence-corrected chi connectivity index (χ1v) is 6.83. The molecule has 5 nitrogen and oxygen atoms in total. The van der Waals surface area contributed by atoms with Gasteiger partial charge in [0.05, 0.1) is 0 Å². The van der Waals surface area contributed by atoms with Crippen LogP contribution < -0.4 is 10.2 Å². The summed E-state index contributed by atoms with van der Waals surface area (Å²) in [7, 11) is 0. The first kappa shape index (κ1) is 14.0. The first-order chi connectivity index (χ1) is 8.99. The third-order valence-electron chi connectivity index (χ3n) is 2.95. The lowest BCUT2D eigenvalue weighted by Crippen LogP contribution is -2.52. The Morgan fingerprint density at radius 2 is 2.26 bits per heavy atom. The van der Waals surface area contributed by atoms with E-state index < -0.39 is 12.1 Å². The van der Waals surface area contributed by atoms with E-state index in [1.54, 1.807) is 12.1 Å². The number of nitrogens with one attached hydrogen (secondary N) is 1. The SMILES string of the molecule is O=C(O)NC1CCCN(c2ccc(I)c(F)c2)C1=O. The number of benzene rings is 1. The molecule has 1 unspecified atom stereocenters. The van der Waals surface area contributed by atoms with E-state index in [4.69, 9.17) is 5.11 Å². The zero-order valence-corrected chi connectivity index (χ0v) is 12.1. The fourth-order valence-electron chi connectivity index (χ4n) is 2.07. The molecule has 1 aliphatic rings. The zero-order chi connectivity index (χ0) is 14.0. The summed E-state index contributed by atoms with van der Waals surface area (Å²) >= 11 is 1.87. The second-order valence-corrected chi connectivity index (χ2v) is 5.39. The highest BCUT2D eigenvalue weighted by Crippen LogP contribution is 2.24. The van der Waals surface area contributed by atoms with Crippen molar-refractivity contribution in [2.45, 2.75) is 18.9 Å². The number of hydrogen-bond donors (Lipinski definition) is 2. The number of anilines is 1. The minimum atomic E-state index is -1.23. The molecule has 7 heteroatoms. The molecule has 1 aliphatic heterocycles. The molecule has 1 aromatic carbocycles. The van der Waals surface area contributed by atoms with E-state index in [1.807, 2.05) is 22.6 Å². The number of hydrogen-bond acceptors (Lipinski definition) is 2. The summed E-state index contributed by atoms with van der Waals surface area (Å²) < 4.78 is 14.0. The molecule has 19 heavy (non-hydrogen) atoms. The van der Waals surface area contributed by atoms with Crippen LogP contribution in [0.15, 0.2) is 18.2 Å². The van der Waals surface area contributed by atoms with Crippen LogP contribution >= 0.6 is 22.6 Å². The maximum atomic E-state index is 13.5. The molecule has 0 spiro atoms. The maximum Gasteiger partial charge on any atom is 0.405 e. The number of carbonyl (C=O) groups excluding carboxylic acids is 1. The summed E-state index contributed by atoms with van der Waals surface area (Å²) in [6.45, 7) is 0.469. The Hall–Kier alpha value is -1.38. The van der Waals surface area contributed by atoms with Crippen LogP contribution in [-0.2, 0) is 4.79 Å². The van der Waals surface area contributed by atoms with Crippen LogP contribution in [0.1, 0.15) is 12.8 Å². The van der Waals surface area contributed by atoms with Crippen molar-refractivity contribution in [3.05, 3.63) is 27.6 Å². The van der Waals surface area contributed by atoms with E-state index in [-0.39, 0.29) is 11.7 Å². The van der Waals surface area contributed by atoms with Crippen molar-refractivity contribution in [3.63, 3.8) is 0 Å². The van der Waals surface area contributed by atoms with Crippen molar-refractivity contribution >= 4 is 40.3 Å². The molecule has 0 aromatic heterocycles. The largest absolute Gasteiger partial charge is 0.465 e. The van der Waals surface area contributed by atoms with Gasteiger partial charge in [-0.3, -0.25) is 4.79 Å². The fraction of sp³-hybridized carbons (Fsp3) is 0.333. The minimum Gasteiger partial charge on any atom is -0.465 e. The van der Waals surface area contributed by atoms with Crippen LogP contribution in [0, 0.1) is 9.39 Å². The Bertz CT molecular complexity index is 524. The highest BCUT2D eigenvalue weighted by Gasteiger charge is 2.30. The van der Waals surface area contributed by atoms with E-state index in [1.165, 1.54) is 11.0 Å². The average Bonchev–Trinajstić information content (AvgIpc) is 2.35. The van der Waals surface area contributed by atoms with Gasteiger partial charge in [0, 0.05) is 15.8 Å². The van der Waals surface area contributed by atoms with Gasteiger partial charge in [-0.05, 0) is 53.6 Å². The molecule has 1 atom stereocenters. The number of carboxylic acid groups (broad SMARTS) is 1. The van der Waals surface area contributed by atoms with Gasteiger partial charge in [0.15, 0.2) is 0 Å². The van der Waals surface area contributed by atoms with Crippen molar-refractivity contribution < 1.29 is 19.1 Å². The molecule has 2 amide bonds. The predicted molar refractivity (Wildman–Crippen MR) is 75.7 cm³/mol. The molecule has 102 valence electrons. The lowest BCUT2D eigenvalue weighted by Gasteiger charge is -2.32. The highest BCUT2D eigenvalue weighted by molar-refractivity contribution is 14.1. The van der Waals surface area contributed by atoms with Crippen LogP contribution in [-0.4, -0.2) is 29.7 Å². The van der Waals surface area contributed by atoms with Crippen molar-refractivity contribution in [2.24, 2.45) is 0 Å². The van der Waals surface area contributed by atoms with Crippen LogP contribution in [0.4, 0.5) is 14.9 Å². The number of nitrogens with zero attached hydrogens (tertiary/aromatic N) is 1. The fourth-order valence-corrected chi connectivity index (χ4v) is 2.40.